The Balaban J connectivity index is 2.55. The smallest absolute Gasteiger partial charge is 0.348 e. The number of hydrogen-bond donors (Lipinski definition) is 3. The maximum absolute atomic E-state index is 11.9. The van der Waals surface area contributed by atoms with Crippen LogP contribution in [-0.2, 0) is 4.79 Å². The van der Waals surface area contributed by atoms with Crippen LogP contribution in [0.15, 0.2) is 21.3 Å². The highest BCUT2D eigenvalue weighted by molar-refractivity contribution is 5.86. The zero-order valence-corrected chi connectivity index (χ0v) is 10.4. The summed E-state index contributed by atoms with van der Waals surface area (Å²) in [5.41, 5.74) is 6.58. The van der Waals surface area contributed by atoms with Crippen LogP contribution < -0.4 is 16.7 Å². The van der Waals surface area contributed by atoms with Crippen molar-refractivity contribution in [3.8, 4) is 0 Å². The Hall–Kier alpha value is -2.57. The first kappa shape index (κ1) is 12.9. The van der Waals surface area contributed by atoms with Crippen molar-refractivity contribution in [3.63, 3.8) is 0 Å². The second-order valence-corrected chi connectivity index (χ2v) is 4.18. The second kappa shape index (κ2) is 4.60. The van der Waals surface area contributed by atoms with Crippen molar-refractivity contribution in [2.75, 3.05) is 11.1 Å². The van der Waals surface area contributed by atoms with Gasteiger partial charge in [-0.3, -0.25) is 4.79 Å². The van der Waals surface area contributed by atoms with Crippen LogP contribution in [0.25, 0.3) is 10.9 Å². The Bertz CT molecular complexity index is 708. The van der Waals surface area contributed by atoms with E-state index in [-0.39, 0.29) is 6.01 Å². The predicted octanol–water partition coefficient (Wildman–Crippen LogP) is 0.964. The lowest BCUT2D eigenvalue weighted by atomic mass is 10.1. The van der Waals surface area contributed by atoms with E-state index in [0.29, 0.717) is 22.2 Å². The number of carboxylic acid groups (broad SMARTS) is 1. The molecule has 1 heterocycles. The van der Waals surface area contributed by atoms with Gasteiger partial charge in [-0.05, 0) is 31.5 Å². The van der Waals surface area contributed by atoms with Crippen molar-refractivity contribution in [2.45, 2.75) is 19.9 Å². The molecular weight excluding hydrogens is 250 g/mol. The number of aromatic nitrogens is 1. The van der Waals surface area contributed by atoms with Gasteiger partial charge in [0.05, 0.1) is 10.9 Å². The first-order valence-electron chi connectivity index (χ1n) is 5.59. The van der Waals surface area contributed by atoms with Crippen LogP contribution in [0.4, 0.5) is 11.7 Å². The quantitative estimate of drug-likeness (QED) is 0.706. The number of aliphatic carboxylic acids is 1. The first-order valence-corrected chi connectivity index (χ1v) is 5.59. The Labute approximate surface area is 108 Å². The molecule has 0 unspecified atom stereocenters. The number of aryl methyl sites for hydroxylation is 1. The van der Waals surface area contributed by atoms with E-state index in [9.17, 15) is 9.59 Å². The molecule has 0 aliphatic rings. The maximum Gasteiger partial charge on any atom is 0.348 e. The fourth-order valence-corrected chi connectivity index (χ4v) is 1.64. The van der Waals surface area contributed by atoms with Gasteiger partial charge in [0.25, 0.3) is 6.01 Å². The van der Waals surface area contributed by atoms with E-state index in [1.54, 1.807) is 19.1 Å². The summed E-state index contributed by atoms with van der Waals surface area (Å²) in [4.78, 5) is 26.7. The fraction of sp³-hybridized carbons (Fsp3) is 0.250. The number of anilines is 2. The highest BCUT2D eigenvalue weighted by Crippen LogP contribution is 2.20. The van der Waals surface area contributed by atoms with Gasteiger partial charge in [0, 0.05) is 5.69 Å². The van der Waals surface area contributed by atoms with Crippen LogP contribution in [-0.4, -0.2) is 22.1 Å². The molecule has 100 valence electrons. The van der Waals surface area contributed by atoms with E-state index in [2.05, 4.69) is 10.3 Å². The summed E-state index contributed by atoms with van der Waals surface area (Å²) in [5, 5.41) is 11.6. The molecule has 0 saturated heterocycles. The Morgan fingerprint density at radius 1 is 1.53 bits per heavy atom. The molecule has 0 fully saturated rings. The fourth-order valence-electron chi connectivity index (χ4n) is 1.64. The molecule has 0 spiro atoms. The summed E-state index contributed by atoms with van der Waals surface area (Å²) < 4.78 is 4.95. The molecule has 0 saturated carbocycles. The summed E-state index contributed by atoms with van der Waals surface area (Å²) in [5.74, 6) is -1.07. The van der Waals surface area contributed by atoms with Gasteiger partial charge in [-0.1, -0.05) is 0 Å². The lowest BCUT2D eigenvalue weighted by molar-refractivity contribution is -0.137. The van der Waals surface area contributed by atoms with Gasteiger partial charge in [-0.15, -0.1) is 0 Å². The monoisotopic (exact) mass is 263 g/mol. The molecule has 1 aromatic heterocycles. The number of fused-ring (bicyclic) bond motifs is 1. The Morgan fingerprint density at radius 3 is 2.84 bits per heavy atom. The third-order valence-electron chi connectivity index (χ3n) is 2.81. The SMILES string of the molecule is Cc1c(N)ccc2nc(N[C@@H](C)C(=O)O)oc(=O)c12. The molecule has 19 heavy (non-hydrogen) atoms. The molecule has 7 heteroatoms. The van der Waals surface area contributed by atoms with Crippen LogP contribution >= 0.6 is 0 Å². The minimum atomic E-state index is -1.07. The van der Waals surface area contributed by atoms with Crippen molar-refractivity contribution in [2.24, 2.45) is 0 Å². The molecular formula is C12H13N3O4. The van der Waals surface area contributed by atoms with E-state index in [1.807, 2.05) is 0 Å². The number of carboxylic acids is 1. The van der Waals surface area contributed by atoms with Crippen LogP contribution in [0.2, 0.25) is 0 Å². The standard InChI is InChI=1S/C12H13N3O4/c1-5-7(13)3-4-8-9(5)11(18)19-12(15-8)14-6(2)10(16)17/h3-4,6H,13H2,1-2H3,(H,14,15)(H,16,17)/t6-/m0/s1. The Kier molecular flexibility index (Phi) is 3.12. The molecule has 7 nitrogen and oxygen atoms in total. The number of nitrogens with two attached hydrogens (primary N) is 1. The van der Waals surface area contributed by atoms with Gasteiger partial charge in [0.2, 0.25) is 0 Å². The zero-order valence-electron chi connectivity index (χ0n) is 10.4. The van der Waals surface area contributed by atoms with Gasteiger partial charge in [-0.2, -0.15) is 4.98 Å². The number of nitrogen functional groups attached to an aromatic ring is 1. The average Bonchev–Trinajstić information content (AvgIpc) is 2.33. The molecule has 2 aromatic rings. The van der Waals surface area contributed by atoms with Crippen molar-refractivity contribution in [1.82, 2.24) is 4.98 Å². The molecule has 2 rings (SSSR count). The van der Waals surface area contributed by atoms with E-state index in [4.69, 9.17) is 15.3 Å². The maximum atomic E-state index is 11.9. The van der Waals surface area contributed by atoms with Crippen molar-refractivity contribution in [3.05, 3.63) is 28.1 Å². The highest BCUT2D eigenvalue weighted by atomic mass is 16.4. The highest BCUT2D eigenvalue weighted by Gasteiger charge is 2.15. The number of rotatable bonds is 3. The topological polar surface area (TPSA) is 118 Å². The largest absolute Gasteiger partial charge is 0.480 e. The van der Waals surface area contributed by atoms with Gasteiger partial charge >= 0.3 is 11.6 Å². The summed E-state index contributed by atoms with van der Waals surface area (Å²) in [6.45, 7) is 3.12. The van der Waals surface area contributed by atoms with Gasteiger partial charge in [0.15, 0.2) is 0 Å². The van der Waals surface area contributed by atoms with Crippen LogP contribution in [0, 0.1) is 6.92 Å². The number of carbonyl (C=O) groups is 1. The number of benzene rings is 1. The lowest BCUT2D eigenvalue weighted by Crippen LogP contribution is -2.26. The van der Waals surface area contributed by atoms with Gasteiger partial charge in [-0.25, -0.2) is 4.79 Å². The van der Waals surface area contributed by atoms with Crippen LogP contribution in [0.1, 0.15) is 12.5 Å². The third kappa shape index (κ3) is 2.35. The second-order valence-electron chi connectivity index (χ2n) is 4.18. The molecule has 1 aromatic carbocycles. The van der Waals surface area contributed by atoms with Crippen LogP contribution in [0.5, 0.6) is 0 Å². The first-order chi connectivity index (χ1) is 8.90. The molecule has 1 atom stereocenters. The number of nitrogens with zero attached hydrogens (tertiary/aromatic N) is 1. The molecule has 0 aliphatic heterocycles. The summed E-state index contributed by atoms with van der Waals surface area (Å²) in [7, 11) is 0. The minimum Gasteiger partial charge on any atom is -0.480 e. The lowest BCUT2D eigenvalue weighted by Gasteiger charge is -2.09. The van der Waals surface area contributed by atoms with Crippen molar-refractivity contribution < 1.29 is 14.3 Å². The molecule has 0 aliphatic carbocycles. The molecule has 0 radical (unpaired) electrons. The zero-order chi connectivity index (χ0) is 14.2. The molecule has 4 N–H and O–H groups in total. The van der Waals surface area contributed by atoms with E-state index in [0.717, 1.165) is 0 Å². The average molecular weight is 263 g/mol. The minimum absolute atomic E-state index is 0.128. The van der Waals surface area contributed by atoms with Crippen molar-refractivity contribution in [1.29, 1.82) is 0 Å². The van der Waals surface area contributed by atoms with Gasteiger partial charge < -0.3 is 20.6 Å². The predicted molar refractivity (Wildman–Crippen MR) is 70.1 cm³/mol. The summed E-state index contributed by atoms with van der Waals surface area (Å²) in [6.07, 6.45) is 0. The van der Waals surface area contributed by atoms with E-state index < -0.39 is 17.6 Å². The van der Waals surface area contributed by atoms with Crippen LogP contribution in [0.3, 0.4) is 0 Å². The van der Waals surface area contributed by atoms with E-state index in [1.165, 1.54) is 6.92 Å². The number of nitrogens with one attached hydrogen (secondary N) is 1. The van der Waals surface area contributed by atoms with E-state index >= 15 is 0 Å². The summed E-state index contributed by atoms with van der Waals surface area (Å²) in [6, 6.07) is 2.18. The Morgan fingerprint density at radius 2 is 2.21 bits per heavy atom. The van der Waals surface area contributed by atoms with Crippen molar-refractivity contribution >= 4 is 28.6 Å². The summed E-state index contributed by atoms with van der Waals surface area (Å²) >= 11 is 0. The third-order valence-corrected chi connectivity index (χ3v) is 2.81. The number of hydrogen-bond acceptors (Lipinski definition) is 6. The van der Waals surface area contributed by atoms with Gasteiger partial charge in [0.1, 0.15) is 6.04 Å². The molecule has 0 amide bonds. The molecule has 0 bridgehead atoms. The normalized spacial score (nSPS) is 12.3.